The summed E-state index contributed by atoms with van der Waals surface area (Å²) in [5, 5.41) is 17.4. The molecule has 0 aliphatic rings. The number of aryl methyl sites for hydroxylation is 2. The van der Waals surface area contributed by atoms with Crippen molar-refractivity contribution < 1.29 is 14.6 Å². The molecule has 0 aromatic heterocycles. The number of hydrogen-bond donors (Lipinski definition) is 2. The van der Waals surface area contributed by atoms with Gasteiger partial charge in [-0.3, -0.25) is 0 Å². The maximum atomic E-state index is 12.3. The van der Waals surface area contributed by atoms with E-state index in [2.05, 4.69) is 0 Å². The van der Waals surface area contributed by atoms with Gasteiger partial charge in [0, 0.05) is 0 Å². The maximum absolute atomic E-state index is 12.3. The maximum Gasteiger partial charge on any atom is 0.165 e. The zero-order valence-electron chi connectivity index (χ0n) is 9.81. The van der Waals surface area contributed by atoms with Crippen molar-refractivity contribution >= 4 is 0 Å². The Labute approximate surface area is 100.0 Å². The molecular weight excluding hydrogens is 219 g/mol. The van der Waals surface area contributed by atoms with E-state index >= 15 is 0 Å². The summed E-state index contributed by atoms with van der Waals surface area (Å²) in [6.45, 7) is 3.75. The van der Waals surface area contributed by atoms with E-state index in [0.717, 1.165) is 5.56 Å². The van der Waals surface area contributed by atoms with Crippen LogP contribution in [0.3, 0.4) is 0 Å². The molecule has 3 heteroatoms. The lowest BCUT2D eigenvalue weighted by atomic mass is 10.2. The van der Waals surface area contributed by atoms with Crippen LogP contribution in [0.25, 0.3) is 0 Å². The van der Waals surface area contributed by atoms with Gasteiger partial charge in [-0.15, -0.1) is 0 Å². The summed E-state index contributed by atoms with van der Waals surface area (Å²) in [6, 6.07) is 11.4. The van der Waals surface area contributed by atoms with Crippen molar-refractivity contribution in [3.8, 4) is 11.5 Å². The van der Waals surface area contributed by atoms with Gasteiger partial charge in [0.1, 0.15) is 5.75 Å². The first-order chi connectivity index (χ1) is 7.99. The normalized spacial score (nSPS) is 9.35. The molecule has 0 heterocycles. The Kier molecular flexibility index (Phi) is 4.52. The summed E-state index contributed by atoms with van der Waals surface area (Å²) in [4.78, 5) is 0. The fourth-order valence-electron chi connectivity index (χ4n) is 1.16. The van der Waals surface area contributed by atoms with Crippen LogP contribution < -0.4 is 0 Å². The summed E-state index contributed by atoms with van der Waals surface area (Å²) >= 11 is 0. The number of hydrogen-bond acceptors (Lipinski definition) is 2. The molecule has 0 amide bonds. The standard InChI is InChI=1S/C7H7FO.C7H8O/c1-5-2-3-7(9)6(8)4-5;1-6-2-4-7(8)5-3-6/h2-4,9H,1H3;2-5,8H,1H3. The Morgan fingerprint density at radius 2 is 1.35 bits per heavy atom. The number of phenols is 2. The van der Waals surface area contributed by atoms with Gasteiger partial charge < -0.3 is 10.2 Å². The molecule has 0 aliphatic carbocycles. The van der Waals surface area contributed by atoms with Crippen molar-refractivity contribution in [3.05, 3.63) is 59.4 Å². The largest absolute Gasteiger partial charge is 0.508 e. The molecule has 0 aliphatic heterocycles. The van der Waals surface area contributed by atoms with Crippen molar-refractivity contribution in [2.24, 2.45) is 0 Å². The Morgan fingerprint density at radius 1 is 0.824 bits per heavy atom. The Balaban J connectivity index is 0.000000171. The molecule has 2 N–H and O–H groups in total. The minimum absolute atomic E-state index is 0.291. The molecule has 0 saturated heterocycles. The lowest BCUT2D eigenvalue weighted by molar-refractivity contribution is 0.432. The molecular formula is C14H15FO2. The zero-order valence-corrected chi connectivity index (χ0v) is 9.81. The van der Waals surface area contributed by atoms with Crippen LogP contribution in [0.1, 0.15) is 11.1 Å². The first kappa shape index (κ1) is 13.0. The van der Waals surface area contributed by atoms with E-state index in [4.69, 9.17) is 10.2 Å². The summed E-state index contributed by atoms with van der Waals surface area (Å²) in [5.74, 6) is -0.522. The Bertz CT molecular complexity index is 457. The fraction of sp³-hybridized carbons (Fsp3) is 0.143. The fourth-order valence-corrected chi connectivity index (χ4v) is 1.16. The van der Waals surface area contributed by atoms with Crippen molar-refractivity contribution in [2.75, 3.05) is 0 Å². The monoisotopic (exact) mass is 234 g/mol. The highest BCUT2D eigenvalue weighted by molar-refractivity contribution is 5.26. The zero-order chi connectivity index (χ0) is 12.8. The SMILES string of the molecule is Cc1ccc(O)c(F)c1.Cc1ccc(O)cc1. The number of aromatic hydroxyl groups is 2. The molecule has 0 saturated carbocycles. The third kappa shape index (κ3) is 4.55. The predicted molar refractivity (Wildman–Crippen MR) is 65.6 cm³/mol. The highest BCUT2D eigenvalue weighted by atomic mass is 19.1. The van der Waals surface area contributed by atoms with Gasteiger partial charge in [-0.25, -0.2) is 4.39 Å². The van der Waals surface area contributed by atoms with Crippen LogP contribution >= 0.6 is 0 Å². The van der Waals surface area contributed by atoms with Crippen molar-refractivity contribution in [3.63, 3.8) is 0 Å². The topological polar surface area (TPSA) is 40.5 Å². The van der Waals surface area contributed by atoms with Crippen molar-refractivity contribution in [2.45, 2.75) is 13.8 Å². The Morgan fingerprint density at radius 3 is 1.76 bits per heavy atom. The first-order valence-corrected chi connectivity index (χ1v) is 5.20. The Hall–Kier alpha value is -2.03. The van der Waals surface area contributed by atoms with E-state index in [9.17, 15) is 4.39 Å². The van der Waals surface area contributed by atoms with Gasteiger partial charge in [0.15, 0.2) is 11.6 Å². The number of rotatable bonds is 0. The molecule has 2 nitrogen and oxygen atoms in total. The molecule has 0 fully saturated rings. The number of phenolic OH excluding ortho intramolecular Hbond substituents is 2. The van der Waals surface area contributed by atoms with Crippen molar-refractivity contribution in [1.29, 1.82) is 0 Å². The highest BCUT2D eigenvalue weighted by Gasteiger charge is 1.96. The van der Waals surface area contributed by atoms with Crippen LogP contribution in [0.4, 0.5) is 4.39 Å². The third-order valence-electron chi connectivity index (χ3n) is 2.14. The van der Waals surface area contributed by atoms with Gasteiger partial charge in [0.05, 0.1) is 0 Å². The predicted octanol–water partition coefficient (Wildman–Crippen LogP) is 3.54. The quantitative estimate of drug-likeness (QED) is 0.732. The van der Waals surface area contributed by atoms with E-state index in [-0.39, 0.29) is 5.75 Å². The molecule has 2 rings (SSSR count). The van der Waals surface area contributed by atoms with E-state index in [0.29, 0.717) is 5.75 Å². The molecule has 0 radical (unpaired) electrons. The van der Waals surface area contributed by atoms with E-state index in [1.54, 1.807) is 25.1 Å². The molecule has 17 heavy (non-hydrogen) atoms. The molecule has 0 unspecified atom stereocenters. The van der Waals surface area contributed by atoms with Gasteiger partial charge >= 0.3 is 0 Å². The second-order valence-electron chi connectivity index (χ2n) is 3.79. The lowest BCUT2D eigenvalue weighted by Crippen LogP contribution is -1.76. The average Bonchev–Trinajstić information content (AvgIpc) is 2.29. The van der Waals surface area contributed by atoms with Crippen LogP contribution in [0, 0.1) is 19.7 Å². The summed E-state index contributed by atoms with van der Waals surface area (Å²) in [6.07, 6.45) is 0. The molecule has 2 aromatic rings. The molecule has 0 bridgehead atoms. The number of benzene rings is 2. The van der Waals surface area contributed by atoms with Crippen LogP contribution in [-0.2, 0) is 0 Å². The molecule has 2 aromatic carbocycles. The van der Waals surface area contributed by atoms with Crippen LogP contribution in [0.5, 0.6) is 11.5 Å². The highest BCUT2D eigenvalue weighted by Crippen LogP contribution is 2.14. The van der Waals surface area contributed by atoms with Crippen molar-refractivity contribution in [1.82, 2.24) is 0 Å². The van der Waals surface area contributed by atoms with E-state index in [1.165, 1.54) is 17.7 Å². The molecule has 0 spiro atoms. The van der Waals surface area contributed by atoms with Crippen LogP contribution in [0.15, 0.2) is 42.5 Å². The van der Waals surface area contributed by atoms with Crippen LogP contribution in [-0.4, -0.2) is 10.2 Å². The minimum atomic E-state index is -0.560. The second kappa shape index (κ2) is 5.89. The third-order valence-corrected chi connectivity index (χ3v) is 2.14. The van der Waals surface area contributed by atoms with E-state index < -0.39 is 5.82 Å². The first-order valence-electron chi connectivity index (χ1n) is 5.20. The van der Waals surface area contributed by atoms with Gasteiger partial charge in [-0.1, -0.05) is 23.8 Å². The summed E-state index contributed by atoms with van der Waals surface area (Å²) < 4.78 is 12.3. The van der Waals surface area contributed by atoms with Crippen LogP contribution in [0.2, 0.25) is 0 Å². The summed E-state index contributed by atoms with van der Waals surface area (Å²) in [5.41, 5.74) is 1.98. The smallest absolute Gasteiger partial charge is 0.165 e. The van der Waals surface area contributed by atoms with Gasteiger partial charge in [0.2, 0.25) is 0 Å². The summed E-state index contributed by atoms with van der Waals surface area (Å²) in [7, 11) is 0. The van der Waals surface area contributed by atoms with Gasteiger partial charge in [0.25, 0.3) is 0 Å². The van der Waals surface area contributed by atoms with E-state index in [1.807, 2.05) is 19.1 Å². The molecule has 90 valence electrons. The lowest BCUT2D eigenvalue weighted by Gasteiger charge is -1.93. The second-order valence-corrected chi connectivity index (χ2v) is 3.79. The minimum Gasteiger partial charge on any atom is -0.508 e. The molecule has 0 atom stereocenters. The number of halogens is 1. The average molecular weight is 234 g/mol. The van der Waals surface area contributed by atoms with Gasteiger partial charge in [-0.2, -0.15) is 0 Å². The van der Waals surface area contributed by atoms with Gasteiger partial charge in [-0.05, 0) is 43.7 Å².